The van der Waals surface area contributed by atoms with Gasteiger partial charge in [-0.05, 0) is 29.1 Å². The van der Waals surface area contributed by atoms with Crippen LogP contribution in [0.2, 0.25) is 0 Å². The number of carbonyl (C=O) groups is 2. The number of carbonyl (C=O) groups excluding carboxylic acids is 2. The van der Waals surface area contributed by atoms with Gasteiger partial charge in [0, 0.05) is 0 Å². The summed E-state index contributed by atoms with van der Waals surface area (Å²) in [7, 11) is 0. The summed E-state index contributed by atoms with van der Waals surface area (Å²) in [5, 5.41) is 4.30. The van der Waals surface area contributed by atoms with Crippen molar-refractivity contribution in [1.29, 1.82) is 0 Å². The minimum Gasteiger partial charge on any atom is -0.772 e. The van der Waals surface area contributed by atoms with Crippen LogP contribution in [0.1, 0.15) is 6.92 Å². The minimum absolute atomic E-state index is 0.715. The normalized spacial score (nSPS) is 15.9. The summed E-state index contributed by atoms with van der Waals surface area (Å²) in [5.74, 6) is -3.00. The number of hydrogen-bond acceptors (Lipinski definition) is 6. The van der Waals surface area contributed by atoms with Gasteiger partial charge >= 0.3 is 0 Å². The number of rotatable bonds is 6. The summed E-state index contributed by atoms with van der Waals surface area (Å²) in [4.78, 5) is 21.8. The van der Waals surface area contributed by atoms with E-state index < -0.39 is 51.6 Å². The molecule has 0 rings (SSSR count). The Kier molecular flexibility index (Phi) is 7.05. The van der Waals surface area contributed by atoms with Gasteiger partial charge in [-0.25, -0.2) is 0 Å². The molecule has 0 aliphatic rings. The zero-order valence-electron chi connectivity index (χ0n) is 8.26. The van der Waals surface area contributed by atoms with Crippen LogP contribution < -0.4 is 10.6 Å². The van der Waals surface area contributed by atoms with E-state index in [1.165, 1.54) is 6.92 Å². The van der Waals surface area contributed by atoms with E-state index in [-0.39, 0.29) is 0 Å². The topological polar surface area (TPSA) is 138 Å². The molecule has 8 nitrogen and oxygen atoms in total. The zero-order chi connectivity index (χ0) is 12.7. The average Bonchev–Trinajstić information content (AvgIpc) is 1.97. The van der Waals surface area contributed by atoms with Gasteiger partial charge in [-0.1, -0.05) is 0 Å². The molecular weight excluding hydrogens is 260 g/mol. The maximum Gasteiger partial charge on any atom is 0.233 e. The molecule has 0 aromatic rings. The molecule has 10 heteroatoms. The number of nitrogens with one attached hydrogen (secondary N) is 2. The highest BCUT2D eigenvalue weighted by molar-refractivity contribution is 7.80. The Morgan fingerprint density at radius 3 is 1.62 bits per heavy atom. The highest BCUT2D eigenvalue weighted by atomic mass is 32.2. The molecular formula is C6H10N2O6S2-2. The molecule has 16 heavy (non-hydrogen) atoms. The molecule has 0 aliphatic heterocycles. The molecule has 94 valence electrons. The van der Waals surface area contributed by atoms with E-state index in [0.717, 1.165) is 0 Å². The van der Waals surface area contributed by atoms with E-state index in [4.69, 9.17) is 0 Å². The third kappa shape index (κ3) is 8.47. The summed E-state index contributed by atoms with van der Waals surface area (Å²) < 4.78 is 40.5. The number of amides is 2. The smallest absolute Gasteiger partial charge is 0.233 e. The van der Waals surface area contributed by atoms with Crippen molar-refractivity contribution in [3.63, 3.8) is 0 Å². The van der Waals surface area contributed by atoms with Crippen molar-refractivity contribution in [3.8, 4) is 0 Å². The van der Waals surface area contributed by atoms with E-state index in [0.29, 0.717) is 0 Å². The SMILES string of the molecule is CC(NC(=O)CS(=O)[O-])NC(=O)CS(=O)[O-]. The van der Waals surface area contributed by atoms with Crippen LogP contribution in [0.3, 0.4) is 0 Å². The van der Waals surface area contributed by atoms with E-state index >= 15 is 0 Å². The van der Waals surface area contributed by atoms with Crippen LogP contribution in [-0.2, 0) is 31.7 Å². The monoisotopic (exact) mass is 270 g/mol. The van der Waals surface area contributed by atoms with Crippen LogP contribution in [0.5, 0.6) is 0 Å². The standard InChI is InChI=1S/C6H12N2O6S2/c1-4(7-5(9)2-15(11)12)8-6(10)3-16(13)14/h4H,2-3H2,1H3,(H,7,9)(H,8,10)(H,11,12)(H,13,14)/p-2. The zero-order valence-corrected chi connectivity index (χ0v) is 9.89. The quantitative estimate of drug-likeness (QED) is 0.398. The maximum absolute atomic E-state index is 10.9. The molecule has 0 radical (unpaired) electrons. The lowest BCUT2D eigenvalue weighted by Crippen LogP contribution is -2.48. The largest absolute Gasteiger partial charge is 0.772 e. The van der Waals surface area contributed by atoms with Crippen molar-refractivity contribution in [3.05, 3.63) is 0 Å². The van der Waals surface area contributed by atoms with Gasteiger partial charge in [-0.2, -0.15) is 0 Å². The molecule has 2 N–H and O–H groups in total. The fraction of sp³-hybridized carbons (Fsp3) is 0.667. The van der Waals surface area contributed by atoms with Crippen LogP contribution in [0.15, 0.2) is 0 Å². The van der Waals surface area contributed by atoms with Crippen LogP contribution in [0.25, 0.3) is 0 Å². The Bertz CT molecular complexity index is 290. The predicted octanol–water partition coefficient (Wildman–Crippen LogP) is -2.68. The molecule has 0 saturated carbocycles. The molecule has 0 aromatic carbocycles. The van der Waals surface area contributed by atoms with Crippen LogP contribution in [0, 0.1) is 0 Å². The molecule has 2 amide bonds. The maximum atomic E-state index is 10.9. The van der Waals surface area contributed by atoms with Crippen molar-refractivity contribution in [2.45, 2.75) is 13.1 Å². The average molecular weight is 270 g/mol. The highest BCUT2D eigenvalue weighted by Crippen LogP contribution is 1.81. The molecule has 0 aliphatic carbocycles. The number of hydrogen-bond donors (Lipinski definition) is 2. The fourth-order valence-electron chi connectivity index (χ4n) is 0.816. The molecule has 0 heterocycles. The fourth-order valence-corrected chi connectivity index (χ4v) is 1.41. The molecule has 0 spiro atoms. The first-order valence-electron chi connectivity index (χ1n) is 4.01. The molecule has 0 saturated heterocycles. The third-order valence-electron chi connectivity index (χ3n) is 1.25. The Morgan fingerprint density at radius 2 is 1.38 bits per heavy atom. The first kappa shape index (κ1) is 15.2. The van der Waals surface area contributed by atoms with Gasteiger partial charge < -0.3 is 19.7 Å². The van der Waals surface area contributed by atoms with Crippen molar-refractivity contribution >= 4 is 34.0 Å². The van der Waals surface area contributed by atoms with Gasteiger partial charge in [0.05, 0.1) is 17.7 Å². The van der Waals surface area contributed by atoms with Crippen LogP contribution in [0.4, 0.5) is 0 Å². The van der Waals surface area contributed by atoms with Gasteiger partial charge in [0.1, 0.15) is 0 Å². The Morgan fingerprint density at radius 1 is 1.06 bits per heavy atom. The minimum atomic E-state index is -2.51. The molecule has 2 atom stereocenters. The summed E-state index contributed by atoms with van der Waals surface area (Å²) in [6.07, 6.45) is -0.841. The second-order valence-corrected chi connectivity index (χ2v) is 4.55. The van der Waals surface area contributed by atoms with Gasteiger partial charge in [-0.3, -0.25) is 18.0 Å². The van der Waals surface area contributed by atoms with Gasteiger partial charge in [0.15, 0.2) is 0 Å². The summed E-state index contributed by atoms with van der Waals surface area (Å²) in [5.41, 5.74) is 0. The molecule has 0 bridgehead atoms. The van der Waals surface area contributed by atoms with E-state index in [1.807, 2.05) is 0 Å². The lowest BCUT2D eigenvalue weighted by atomic mass is 10.5. The predicted molar refractivity (Wildman–Crippen MR) is 53.3 cm³/mol. The van der Waals surface area contributed by atoms with Gasteiger partial charge in [-0.15, -0.1) is 0 Å². The van der Waals surface area contributed by atoms with Crippen molar-refractivity contribution in [2.24, 2.45) is 0 Å². The molecule has 0 fully saturated rings. The summed E-state index contributed by atoms with van der Waals surface area (Å²) >= 11 is -5.01. The Labute approximate surface area is 96.7 Å². The van der Waals surface area contributed by atoms with Crippen molar-refractivity contribution < 1.29 is 27.1 Å². The molecule has 0 aromatic heterocycles. The Hall–Kier alpha value is -0.840. The molecule has 2 unspecified atom stereocenters. The lowest BCUT2D eigenvalue weighted by Gasteiger charge is -2.16. The Balaban J connectivity index is 3.94. The highest BCUT2D eigenvalue weighted by Gasteiger charge is 2.10. The summed E-state index contributed by atoms with van der Waals surface area (Å²) in [6.45, 7) is 1.37. The van der Waals surface area contributed by atoms with Crippen molar-refractivity contribution in [2.75, 3.05) is 11.5 Å². The second kappa shape index (κ2) is 7.44. The third-order valence-corrected chi connectivity index (χ3v) is 2.25. The lowest BCUT2D eigenvalue weighted by molar-refractivity contribution is -0.121. The van der Waals surface area contributed by atoms with E-state index in [9.17, 15) is 27.1 Å². The first-order chi connectivity index (χ1) is 7.31. The van der Waals surface area contributed by atoms with Crippen molar-refractivity contribution in [1.82, 2.24) is 10.6 Å². The van der Waals surface area contributed by atoms with Gasteiger partial charge in [0.2, 0.25) is 11.8 Å². The van der Waals surface area contributed by atoms with E-state index in [2.05, 4.69) is 10.6 Å². The summed E-state index contributed by atoms with van der Waals surface area (Å²) in [6, 6.07) is 0. The van der Waals surface area contributed by atoms with Crippen LogP contribution >= 0.6 is 0 Å². The van der Waals surface area contributed by atoms with Crippen LogP contribution in [-0.4, -0.2) is 47.0 Å². The van der Waals surface area contributed by atoms with Gasteiger partial charge in [0.25, 0.3) is 0 Å². The second-order valence-electron chi connectivity index (χ2n) is 2.75. The van der Waals surface area contributed by atoms with E-state index in [1.54, 1.807) is 0 Å². The first-order valence-corrected chi connectivity index (χ1v) is 6.50.